The maximum absolute atomic E-state index is 11.7. The van der Waals surface area contributed by atoms with Gasteiger partial charge in [-0.1, -0.05) is 0 Å². The van der Waals surface area contributed by atoms with Crippen LogP contribution >= 0.6 is 22.7 Å². The molecule has 0 aliphatic heterocycles. The summed E-state index contributed by atoms with van der Waals surface area (Å²) in [4.78, 5) is 25.3. The fourth-order valence-electron chi connectivity index (χ4n) is 3.51. The number of thiazole rings is 1. The second-order valence-electron chi connectivity index (χ2n) is 7.19. The van der Waals surface area contributed by atoms with Gasteiger partial charge in [-0.3, -0.25) is 9.78 Å². The molecule has 0 saturated carbocycles. The molecule has 5 rings (SSSR count). The Morgan fingerprint density at radius 3 is 3.00 bits per heavy atom. The van der Waals surface area contributed by atoms with Gasteiger partial charge in [0.05, 0.1) is 39.5 Å². The molecule has 6 nitrogen and oxygen atoms in total. The topological polar surface area (TPSA) is 79.9 Å². The van der Waals surface area contributed by atoms with Crippen LogP contribution in [0.15, 0.2) is 48.0 Å². The molecule has 0 fully saturated rings. The number of carbonyl (C=O) groups excluding carboxylic acids is 1. The van der Waals surface area contributed by atoms with Gasteiger partial charge in [-0.2, -0.15) is 0 Å². The fourth-order valence-corrected chi connectivity index (χ4v) is 5.48. The first-order valence-electron chi connectivity index (χ1n) is 9.94. The van der Waals surface area contributed by atoms with Crippen LogP contribution in [-0.4, -0.2) is 27.5 Å². The molecular formula is C23H20N4O2S2. The molecule has 0 saturated heterocycles. The number of rotatable bonds is 6. The molecule has 0 aliphatic carbocycles. The summed E-state index contributed by atoms with van der Waals surface area (Å²) in [7, 11) is 0. The molecule has 0 aliphatic rings. The van der Waals surface area contributed by atoms with Crippen LogP contribution < -0.4 is 5.32 Å². The number of esters is 1. The molecule has 5 aromatic rings. The molecule has 0 bridgehead atoms. The lowest BCUT2D eigenvalue weighted by molar-refractivity contribution is -0.142. The number of hydrogen-bond donors (Lipinski definition) is 2. The van der Waals surface area contributed by atoms with E-state index in [9.17, 15) is 4.79 Å². The summed E-state index contributed by atoms with van der Waals surface area (Å²) in [5.41, 5.74) is 5.97. The third kappa shape index (κ3) is 4.04. The summed E-state index contributed by atoms with van der Waals surface area (Å²) in [6.45, 7) is 4.24. The fraction of sp³-hybridized carbons (Fsp3) is 0.174. The number of thiophene rings is 1. The van der Waals surface area contributed by atoms with Crippen molar-refractivity contribution in [2.45, 2.75) is 20.3 Å². The molecule has 31 heavy (non-hydrogen) atoms. The third-order valence-electron chi connectivity index (χ3n) is 4.84. The van der Waals surface area contributed by atoms with Crippen LogP contribution in [0.25, 0.3) is 31.0 Å². The standard InChI is InChI=1S/C23H20N4O2S2/c1-3-29-21(28)10-16-12-30-23(27-16)20-11-19-22(31-20)18(6-7-24-19)26-15-4-5-17-14(9-15)8-13(2)25-17/h4-9,11-12,25H,3,10H2,1-2H3,(H,24,26). The van der Waals surface area contributed by atoms with Gasteiger partial charge in [-0.25, -0.2) is 4.98 Å². The number of carbonyl (C=O) groups is 1. The van der Waals surface area contributed by atoms with Crippen LogP contribution in [0.4, 0.5) is 11.4 Å². The smallest absolute Gasteiger partial charge is 0.311 e. The molecule has 0 atom stereocenters. The Kier molecular flexibility index (Phi) is 5.17. The van der Waals surface area contributed by atoms with Crippen molar-refractivity contribution in [2.24, 2.45) is 0 Å². The van der Waals surface area contributed by atoms with Crippen molar-refractivity contribution in [1.29, 1.82) is 0 Å². The molecule has 0 radical (unpaired) electrons. The molecule has 0 unspecified atom stereocenters. The highest BCUT2D eigenvalue weighted by molar-refractivity contribution is 7.25. The van der Waals surface area contributed by atoms with E-state index in [-0.39, 0.29) is 12.4 Å². The number of nitrogens with one attached hydrogen (secondary N) is 2. The van der Waals surface area contributed by atoms with Crippen molar-refractivity contribution in [3.05, 3.63) is 59.4 Å². The average Bonchev–Trinajstić information content (AvgIpc) is 3.45. The van der Waals surface area contributed by atoms with Gasteiger partial charge in [0.25, 0.3) is 0 Å². The minimum absolute atomic E-state index is 0.196. The first-order valence-corrected chi connectivity index (χ1v) is 11.6. The van der Waals surface area contributed by atoms with E-state index in [0.29, 0.717) is 6.61 Å². The number of ether oxygens (including phenoxy) is 1. The average molecular weight is 449 g/mol. The Morgan fingerprint density at radius 2 is 2.13 bits per heavy atom. The number of aromatic nitrogens is 3. The highest BCUT2D eigenvalue weighted by Gasteiger charge is 2.14. The predicted molar refractivity (Wildman–Crippen MR) is 127 cm³/mol. The molecule has 8 heteroatoms. The summed E-state index contributed by atoms with van der Waals surface area (Å²) in [6, 6.07) is 12.5. The van der Waals surface area contributed by atoms with Crippen molar-refractivity contribution in [2.75, 3.05) is 11.9 Å². The second kappa shape index (κ2) is 8.13. The zero-order valence-corrected chi connectivity index (χ0v) is 18.7. The van der Waals surface area contributed by atoms with Crippen molar-refractivity contribution in [1.82, 2.24) is 15.0 Å². The van der Waals surface area contributed by atoms with Gasteiger partial charge in [0.15, 0.2) is 0 Å². The minimum Gasteiger partial charge on any atom is -0.466 e. The van der Waals surface area contributed by atoms with Gasteiger partial charge in [0.2, 0.25) is 0 Å². The van der Waals surface area contributed by atoms with E-state index >= 15 is 0 Å². The highest BCUT2D eigenvalue weighted by Crippen LogP contribution is 2.38. The molecule has 0 amide bonds. The molecule has 1 aromatic carbocycles. The lowest BCUT2D eigenvalue weighted by Crippen LogP contribution is -2.07. The summed E-state index contributed by atoms with van der Waals surface area (Å²) in [5.74, 6) is -0.251. The maximum Gasteiger partial charge on any atom is 0.311 e. The first-order chi connectivity index (χ1) is 15.1. The first kappa shape index (κ1) is 19.7. The summed E-state index contributed by atoms with van der Waals surface area (Å²) in [6.07, 6.45) is 2.01. The van der Waals surface area contributed by atoms with Crippen LogP contribution in [0.3, 0.4) is 0 Å². The van der Waals surface area contributed by atoms with E-state index in [4.69, 9.17) is 4.74 Å². The van der Waals surface area contributed by atoms with E-state index in [0.717, 1.165) is 48.4 Å². The van der Waals surface area contributed by atoms with Crippen LogP contribution in [0, 0.1) is 6.92 Å². The van der Waals surface area contributed by atoms with E-state index in [1.165, 1.54) is 16.7 Å². The Hall–Kier alpha value is -3.23. The minimum atomic E-state index is -0.251. The highest BCUT2D eigenvalue weighted by atomic mass is 32.1. The maximum atomic E-state index is 11.7. The van der Waals surface area contributed by atoms with E-state index in [1.807, 2.05) is 17.6 Å². The summed E-state index contributed by atoms with van der Waals surface area (Å²) >= 11 is 3.18. The van der Waals surface area contributed by atoms with E-state index in [1.54, 1.807) is 18.3 Å². The van der Waals surface area contributed by atoms with Crippen LogP contribution in [0.5, 0.6) is 0 Å². The van der Waals surface area contributed by atoms with Gasteiger partial charge in [-0.15, -0.1) is 22.7 Å². The molecular weight excluding hydrogens is 428 g/mol. The Labute approximate surface area is 186 Å². The van der Waals surface area contributed by atoms with Gasteiger partial charge in [0.1, 0.15) is 5.01 Å². The van der Waals surface area contributed by atoms with E-state index < -0.39 is 0 Å². The van der Waals surface area contributed by atoms with Gasteiger partial charge < -0.3 is 15.0 Å². The van der Waals surface area contributed by atoms with Crippen LogP contribution in [-0.2, 0) is 16.0 Å². The monoisotopic (exact) mass is 448 g/mol. The number of pyridine rings is 1. The summed E-state index contributed by atoms with van der Waals surface area (Å²) in [5, 5.41) is 7.51. The predicted octanol–water partition coefficient (Wildman–Crippen LogP) is 6.06. The lowest BCUT2D eigenvalue weighted by atomic mass is 10.2. The number of benzene rings is 1. The van der Waals surface area contributed by atoms with E-state index in [2.05, 4.69) is 57.5 Å². The van der Waals surface area contributed by atoms with Crippen LogP contribution in [0.1, 0.15) is 18.3 Å². The largest absolute Gasteiger partial charge is 0.466 e. The van der Waals surface area contributed by atoms with Crippen molar-refractivity contribution >= 4 is 61.1 Å². The lowest BCUT2D eigenvalue weighted by Gasteiger charge is -2.07. The number of fused-ring (bicyclic) bond motifs is 2. The van der Waals surface area contributed by atoms with Gasteiger partial charge in [-0.05, 0) is 50.2 Å². The zero-order valence-electron chi connectivity index (χ0n) is 17.1. The molecule has 4 heterocycles. The number of aromatic amines is 1. The number of anilines is 2. The Morgan fingerprint density at radius 1 is 1.23 bits per heavy atom. The molecule has 2 N–H and O–H groups in total. The number of H-pyrrole nitrogens is 1. The van der Waals surface area contributed by atoms with Crippen LogP contribution in [0.2, 0.25) is 0 Å². The zero-order chi connectivity index (χ0) is 21.4. The van der Waals surface area contributed by atoms with Gasteiger partial charge >= 0.3 is 5.97 Å². The number of hydrogen-bond acceptors (Lipinski definition) is 7. The SMILES string of the molecule is CCOC(=O)Cc1csc(-c2cc3nccc(Nc4ccc5[nH]c(C)cc5c4)c3s2)n1. The molecule has 4 aromatic heterocycles. The Balaban J connectivity index is 1.43. The van der Waals surface area contributed by atoms with Crippen molar-refractivity contribution < 1.29 is 9.53 Å². The molecule has 0 spiro atoms. The number of nitrogens with zero attached hydrogens (tertiary/aromatic N) is 2. The van der Waals surface area contributed by atoms with Crippen molar-refractivity contribution in [3.8, 4) is 9.88 Å². The number of aryl methyl sites for hydroxylation is 1. The quantitative estimate of drug-likeness (QED) is 0.309. The molecule has 156 valence electrons. The third-order valence-corrected chi connectivity index (χ3v) is 7.06. The normalized spacial score (nSPS) is 11.3. The summed E-state index contributed by atoms with van der Waals surface area (Å²) < 4.78 is 6.09. The van der Waals surface area contributed by atoms with Crippen molar-refractivity contribution in [3.63, 3.8) is 0 Å². The second-order valence-corrected chi connectivity index (χ2v) is 9.10. The van der Waals surface area contributed by atoms with Gasteiger partial charge in [0, 0.05) is 33.9 Å². The Bertz CT molecular complexity index is 1400.